The molecule has 0 unspecified atom stereocenters. The summed E-state index contributed by atoms with van der Waals surface area (Å²) in [4.78, 5) is 11.7. The van der Waals surface area contributed by atoms with Gasteiger partial charge < -0.3 is 18.7 Å². The Morgan fingerprint density at radius 3 is 2.71 bits per heavy atom. The maximum Gasteiger partial charge on any atom is 0.331 e. The Bertz CT molecular complexity index is 718. The second-order valence-corrected chi connectivity index (χ2v) is 5.45. The fourth-order valence-corrected chi connectivity index (χ4v) is 1.98. The molecule has 0 saturated carbocycles. The smallest absolute Gasteiger partial charge is 0.331 e. The summed E-state index contributed by atoms with van der Waals surface area (Å²) in [6, 6.07) is 7.16. The molecular formula is C18H21NO5. The molecule has 0 radical (unpaired) electrons. The van der Waals surface area contributed by atoms with E-state index in [1.54, 1.807) is 32.2 Å². The number of methoxy groups -OCH3 is 1. The van der Waals surface area contributed by atoms with Crippen LogP contribution in [-0.4, -0.2) is 24.3 Å². The monoisotopic (exact) mass is 331 g/mol. The summed E-state index contributed by atoms with van der Waals surface area (Å²) < 4.78 is 21.0. The van der Waals surface area contributed by atoms with Gasteiger partial charge in [-0.15, -0.1) is 0 Å². The van der Waals surface area contributed by atoms with E-state index >= 15 is 0 Å². The fraction of sp³-hybridized carbons (Fsp3) is 0.333. The molecule has 6 nitrogen and oxygen atoms in total. The van der Waals surface area contributed by atoms with E-state index in [1.807, 2.05) is 26.0 Å². The molecule has 2 rings (SSSR count). The van der Waals surface area contributed by atoms with Crippen molar-refractivity contribution < 1.29 is 23.5 Å². The van der Waals surface area contributed by atoms with E-state index in [4.69, 9.17) is 18.7 Å². The number of rotatable bonds is 7. The summed E-state index contributed by atoms with van der Waals surface area (Å²) in [6.07, 6.45) is 3.05. The van der Waals surface area contributed by atoms with Crippen LogP contribution in [-0.2, 0) is 16.1 Å². The molecule has 0 saturated heterocycles. The van der Waals surface area contributed by atoms with E-state index in [1.165, 1.54) is 6.08 Å². The van der Waals surface area contributed by atoms with Gasteiger partial charge in [-0.05, 0) is 44.5 Å². The number of carbonyl (C=O) groups is 1. The van der Waals surface area contributed by atoms with E-state index in [0.717, 1.165) is 5.56 Å². The summed E-state index contributed by atoms with van der Waals surface area (Å²) in [7, 11) is 1.57. The predicted molar refractivity (Wildman–Crippen MR) is 88.8 cm³/mol. The number of esters is 1. The lowest BCUT2D eigenvalue weighted by Gasteiger charge is -2.13. The molecule has 0 atom stereocenters. The van der Waals surface area contributed by atoms with Crippen LogP contribution >= 0.6 is 0 Å². The van der Waals surface area contributed by atoms with Crippen LogP contribution in [0.4, 0.5) is 0 Å². The molecule has 2 aromatic rings. The summed E-state index contributed by atoms with van der Waals surface area (Å²) in [5.74, 6) is 1.48. The van der Waals surface area contributed by atoms with Gasteiger partial charge in [0.1, 0.15) is 18.1 Å². The minimum Gasteiger partial charge on any atom is -0.493 e. The number of benzene rings is 1. The molecule has 0 bridgehead atoms. The molecule has 0 fully saturated rings. The Morgan fingerprint density at radius 1 is 1.29 bits per heavy atom. The van der Waals surface area contributed by atoms with Gasteiger partial charge in [-0.1, -0.05) is 11.2 Å². The molecule has 0 aliphatic carbocycles. The van der Waals surface area contributed by atoms with Crippen molar-refractivity contribution >= 4 is 12.0 Å². The average Bonchev–Trinajstić information content (AvgIpc) is 2.97. The quantitative estimate of drug-likeness (QED) is 0.571. The van der Waals surface area contributed by atoms with Gasteiger partial charge in [-0.25, -0.2) is 4.79 Å². The first-order chi connectivity index (χ1) is 11.5. The van der Waals surface area contributed by atoms with Crippen LogP contribution in [0.2, 0.25) is 0 Å². The van der Waals surface area contributed by atoms with Gasteiger partial charge in [0.25, 0.3) is 0 Å². The zero-order valence-corrected chi connectivity index (χ0v) is 14.2. The number of carbonyl (C=O) groups excluding carboxylic acids is 1. The Morgan fingerprint density at radius 2 is 2.08 bits per heavy atom. The molecule has 0 spiro atoms. The highest BCUT2D eigenvalue weighted by molar-refractivity contribution is 5.87. The van der Waals surface area contributed by atoms with E-state index in [-0.39, 0.29) is 12.7 Å². The van der Waals surface area contributed by atoms with Crippen molar-refractivity contribution in [3.63, 3.8) is 0 Å². The molecule has 6 heteroatoms. The standard InChI is InChI=1S/C18H21NO5/c1-12(2)23-16-7-5-14(10-17(16)21-4)6-8-18(20)22-11-15-9-13(3)24-19-15/h5-10,12H,11H2,1-4H3/b8-6+. The first-order valence-electron chi connectivity index (χ1n) is 7.59. The van der Waals surface area contributed by atoms with Gasteiger partial charge in [0, 0.05) is 12.1 Å². The van der Waals surface area contributed by atoms with Crippen molar-refractivity contribution in [3.05, 3.63) is 47.4 Å². The maximum atomic E-state index is 11.7. The molecule has 24 heavy (non-hydrogen) atoms. The van der Waals surface area contributed by atoms with Crippen LogP contribution < -0.4 is 9.47 Å². The number of aromatic nitrogens is 1. The molecule has 0 amide bonds. The van der Waals surface area contributed by atoms with Gasteiger partial charge >= 0.3 is 5.97 Å². The number of hydrogen-bond donors (Lipinski definition) is 0. The Balaban J connectivity index is 1.96. The van der Waals surface area contributed by atoms with Crippen LogP contribution in [0.3, 0.4) is 0 Å². The summed E-state index contributed by atoms with van der Waals surface area (Å²) in [6.45, 7) is 5.74. The molecule has 128 valence electrons. The average molecular weight is 331 g/mol. The van der Waals surface area contributed by atoms with Gasteiger partial charge in [0.15, 0.2) is 11.5 Å². The molecule has 0 N–H and O–H groups in total. The highest BCUT2D eigenvalue weighted by Gasteiger charge is 2.07. The number of ether oxygens (including phenoxy) is 3. The van der Waals surface area contributed by atoms with Crippen molar-refractivity contribution in [2.75, 3.05) is 7.11 Å². The lowest BCUT2D eigenvalue weighted by molar-refractivity contribution is -0.139. The highest BCUT2D eigenvalue weighted by Crippen LogP contribution is 2.29. The third-order valence-electron chi connectivity index (χ3n) is 3.00. The summed E-state index contributed by atoms with van der Waals surface area (Å²) in [5.41, 5.74) is 1.38. The van der Waals surface area contributed by atoms with Crippen molar-refractivity contribution in [2.45, 2.75) is 33.5 Å². The zero-order valence-electron chi connectivity index (χ0n) is 14.2. The van der Waals surface area contributed by atoms with Crippen LogP contribution in [0.25, 0.3) is 6.08 Å². The topological polar surface area (TPSA) is 70.8 Å². The van der Waals surface area contributed by atoms with Gasteiger partial charge in [0.2, 0.25) is 0 Å². The molecular weight excluding hydrogens is 310 g/mol. The van der Waals surface area contributed by atoms with Crippen LogP contribution in [0.5, 0.6) is 11.5 Å². The van der Waals surface area contributed by atoms with Crippen molar-refractivity contribution in [1.82, 2.24) is 5.16 Å². The van der Waals surface area contributed by atoms with Gasteiger partial charge in [0.05, 0.1) is 13.2 Å². The van der Waals surface area contributed by atoms with Crippen molar-refractivity contribution in [3.8, 4) is 11.5 Å². The third-order valence-corrected chi connectivity index (χ3v) is 3.00. The Hall–Kier alpha value is -2.76. The molecule has 1 aromatic carbocycles. The molecule has 1 heterocycles. The fourth-order valence-electron chi connectivity index (χ4n) is 1.98. The summed E-state index contributed by atoms with van der Waals surface area (Å²) >= 11 is 0. The minimum atomic E-state index is -0.461. The van der Waals surface area contributed by atoms with Gasteiger partial charge in [-0.2, -0.15) is 0 Å². The number of hydrogen-bond acceptors (Lipinski definition) is 6. The largest absolute Gasteiger partial charge is 0.493 e. The van der Waals surface area contributed by atoms with E-state index in [2.05, 4.69) is 5.16 Å². The van der Waals surface area contributed by atoms with E-state index in [9.17, 15) is 4.79 Å². The number of nitrogens with zero attached hydrogens (tertiary/aromatic N) is 1. The maximum absolute atomic E-state index is 11.7. The third kappa shape index (κ3) is 5.15. The van der Waals surface area contributed by atoms with Crippen LogP contribution in [0, 0.1) is 6.92 Å². The van der Waals surface area contributed by atoms with Gasteiger partial charge in [-0.3, -0.25) is 0 Å². The molecule has 0 aliphatic rings. The van der Waals surface area contributed by atoms with E-state index in [0.29, 0.717) is 23.0 Å². The van der Waals surface area contributed by atoms with E-state index < -0.39 is 5.97 Å². The lowest BCUT2D eigenvalue weighted by atomic mass is 10.2. The van der Waals surface area contributed by atoms with Crippen LogP contribution in [0.1, 0.15) is 30.9 Å². The summed E-state index contributed by atoms with van der Waals surface area (Å²) in [5, 5.41) is 3.76. The normalized spacial score (nSPS) is 11.0. The zero-order chi connectivity index (χ0) is 17.5. The van der Waals surface area contributed by atoms with Crippen molar-refractivity contribution in [2.24, 2.45) is 0 Å². The van der Waals surface area contributed by atoms with Crippen LogP contribution in [0.15, 0.2) is 34.9 Å². The SMILES string of the molecule is COc1cc(/C=C/C(=O)OCc2cc(C)on2)ccc1OC(C)C. The second-order valence-electron chi connectivity index (χ2n) is 5.45. The highest BCUT2D eigenvalue weighted by atomic mass is 16.5. The first-order valence-corrected chi connectivity index (χ1v) is 7.59. The molecule has 1 aromatic heterocycles. The Labute approximate surface area is 141 Å². The number of aryl methyl sites for hydroxylation is 1. The first kappa shape index (κ1) is 17.6. The lowest BCUT2D eigenvalue weighted by Crippen LogP contribution is -2.06. The Kier molecular flexibility index (Phi) is 6.01. The predicted octanol–water partition coefficient (Wildman–Crippen LogP) is 3.54. The second kappa shape index (κ2) is 8.19. The molecule has 0 aliphatic heterocycles. The minimum absolute atomic E-state index is 0.0513. The van der Waals surface area contributed by atoms with Crippen molar-refractivity contribution in [1.29, 1.82) is 0 Å².